The van der Waals surface area contributed by atoms with Crippen LogP contribution in [0.1, 0.15) is 18.0 Å². The van der Waals surface area contributed by atoms with Gasteiger partial charge in [-0.05, 0) is 36.7 Å². The number of benzene rings is 1. The predicted molar refractivity (Wildman–Crippen MR) is 73.1 cm³/mol. The average Bonchev–Trinajstić information content (AvgIpc) is 2.65. The molecule has 1 unspecified atom stereocenters. The Morgan fingerprint density at radius 1 is 1.50 bits per heavy atom. The van der Waals surface area contributed by atoms with Crippen LogP contribution in [0.15, 0.2) is 24.3 Å². The zero-order valence-corrected chi connectivity index (χ0v) is 12.1. The summed E-state index contributed by atoms with van der Waals surface area (Å²) >= 11 is 9.31. The standard InChI is InChI=1S/C10H8ClIN2OS/c1-6(9-13-10(12)14-16-9)15-8-4-2-3-7(11)5-8/h2-6H,1H3. The molecule has 2 rings (SSSR count). The molecule has 0 N–H and O–H groups in total. The van der Waals surface area contributed by atoms with E-state index in [0.29, 0.717) is 5.02 Å². The normalized spacial score (nSPS) is 12.4. The van der Waals surface area contributed by atoms with Crippen molar-refractivity contribution in [1.82, 2.24) is 9.36 Å². The van der Waals surface area contributed by atoms with Gasteiger partial charge in [-0.25, -0.2) is 4.98 Å². The first kappa shape index (κ1) is 12.1. The van der Waals surface area contributed by atoms with Crippen LogP contribution in [-0.4, -0.2) is 9.36 Å². The summed E-state index contributed by atoms with van der Waals surface area (Å²) in [7, 11) is 0. The van der Waals surface area contributed by atoms with E-state index in [9.17, 15) is 0 Å². The van der Waals surface area contributed by atoms with Crippen molar-refractivity contribution in [3.05, 3.63) is 38.1 Å². The summed E-state index contributed by atoms with van der Waals surface area (Å²) in [5, 5.41) is 1.53. The molecule has 1 aromatic heterocycles. The molecule has 16 heavy (non-hydrogen) atoms. The van der Waals surface area contributed by atoms with E-state index in [2.05, 4.69) is 31.9 Å². The highest BCUT2D eigenvalue weighted by molar-refractivity contribution is 14.1. The minimum absolute atomic E-state index is 0.112. The molecule has 0 spiro atoms. The van der Waals surface area contributed by atoms with Gasteiger partial charge in [-0.15, -0.1) is 0 Å². The van der Waals surface area contributed by atoms with E-state index in [1.807, 2.05) is 25.1 Å². The van der Waals surface area contributed by atoms with Crippen LogP contribution < -0.4 is 4.74 Å². The lowest BCUT2D eigenvalue weighted by Crippen LogP contribution is -2.02. The molecule has 2 aromatic rings. The Hall–Kier alpha value is -0.400. The number of aromatic nitrogens is 2. The van der Waals surface area contributed by atoms with Crippen molar-refractivity contribution < 1.29 is 4.74 Å². The molecular weight excluding hydrogens is 359 g/mol. The minimum atomic E-state index is -0.112. The first-order chi connectivity index (χ1) is 7.65. The maximum atomic E-state index is 5.87. The highest BCUT2D eigenvalue weighted by Crippen LogP contribution is 2.25. The quantitative estimate of drug-likeness (QED) is 0.772. The summed E-state index contributed by atoms with van der Waals surface area (Å²) in [6, 6.07) is 7.32. The van der Waals surface area contributed by atoms with Gasteiger partial charge in [-0.3, -0.25) is 0 Å². The molecule has 0 amide bonds. The van der Waals surface area contributed by atoms with Gasteiger partial charge in [0.1, 0.15) is 11.9 Å². The second-order valence-corrected chi connectivity index (χ2v) is 5.30. The topological polar surface area (TPSA) is 35.0 Å². The molecule has 3 nitrogen and oxygen atoms in total. The zero-order valence-electron chi connectivity index (χ0n) is 8.35. The number of hydrogen-bond acceptors (Lipinski definition) is 4. The van der Waals surface area contributed by atoms with Crippen molar-refractivity contribution in [3.8, 4) is 5.75 Å². The molecule has 1 heterocycles. The molecule has 1 atom stereocenters. The summed E-state index contributed by atoms with van der Waals surface area (Å²) < 4.78 is 10.6. The van der Waals surface area contributed by atoms with E-state index in [1.165, 1.54) is 11.5 Å². The second kappa shape index (κ2) is 5.29. The van der Waals surface area contributed by atoms with Gasteiger partial charge in [0, 0.05) is 27.6 Å². The fourth-order valence-corrected chi connectivity index (χ4v) is 2.61. The molecule has 0 saturated heterocycles. The zero-order chi connectivity index (χ0) is 11.5. The highest BCUT2D eigenvalue weighted by atomic mass is 127. The number of hydrogen-bond donors (Lipinski definition) is 0. The maximum absolute atomic E-state index is 5.87. The second-order valence-electron chi connectivity index (χ2n) is 3.12. The van der Waals surface area contributed by atoms with Gasteiger partial charge in [-0.2, -0.15) is 4.37 Å². The Morgan fingerprint density at radius 2 is 2.31 bits per heavy atom. The van der Waals surface area contributed by atoms with E-state index in [-0.39, 0.29) is 6.10 Å². The lowest BCUT2D eigenvalue weighted by Gasteiger charge is -2.11. The number of nitrogens with zero attached hydrogens (tertiary/aromatic N) is 2. The summed E-state index contributed by atoms with van der Waals surface area (Å²) in [6.07, 6.45) is -0.112. The molecule has 0 aliphatic heterocycles. The van der Waals surface area contributed by atoms with Gasteiger partial charge in [-0.1, -0.05) is 17.7 Å². The lowest BCUT2D eigenvalue weighted by atomic mass is 10.3. The van der Waals surface area contributed by atoms with E-state index in [1.54, 1.807) is 6.07 Å². The van der Waals surface area contributed by atoms with Crippen molar-refractivity contribution in [2.24, 2.45) is 0 Å². The van der Waals surface area contributed by atoms with Gasteiger partial charge >= 0.3 is 0 Å². The van der Waals surface area contributed by atoms with Crippen LogP contribution >= 0.6 is 45.7 Å². The third-order valence-electron chi connectivity index (χ3n) is 1.87. The molecule has 0 saturated carbocycles. The number of ether oxygens (including phenoxy) is 1. The smallest absolute Gasteiger partial charge is 0.203 e. The van der Waals surface area contributed by atoms with Crippen LogP contribution in [-0.2, 0) is 0 Å². The van der Waals surface area contributed by atoms with E-state index in [0.717, 1.165) is 14.6 Å². The summed E-state index contributed by atoms with van der Waals surface area (Å²) in [5.41, 5.74) is 0. The maximum Gasteiger partial charge on any atom is 0.203 e. The van der Waals surface area contributed by atoms with Crippen LogP contribution in [0, 0.1) is 3.83 Å². The van der Waals surface area contributed by atoms with Gasteiger partial charge in [0.2, 0.25) is 3.83 Å². The van der Waals surface area contributed by atoms with Gasteiger partial charge in [0.25, 0.3) is 0 Å². The average molecular weight is 367 g/mol. The fourth-order valence-electron chi connectivity index (χ4n) is 1.18. The van der Waals surface area contributed by atoms with Gasteiger partial charge in [0.15, 0.2) is 5.01 Å². The van der Waals surface area contributed by atoms with Crippen LogP contribution in [0.3, 0.4) is 0 Å². The third kappa shape index (κ3) is 3.05. The summed E-state index contributed by atoms with van der Waals surface area (Å²) in [6.45, 7) is 1.94. The molecule has 1 aromatic carbocycles. The number of halogens is 2. The fraction of sp³-hybridized carbons (Fsp3) is 0.200. The molecule has 84 valence electrons. The predicted octanol–water partition coefficient (Wildman–Crippen LogP) is 3.94. The van der Waals surface area contributed by atoms with E-state index >= 15 is 0 Å². The Balaban J connectivity index is 2.10. The van der Waals surface area contributed by atoms with Crippen LogP contribution in [0.4, 0.5) is 0 Å². The molecule has 0 aliphatic carbocycles. The minimum Gasteiger partial charge on any atom is -0.483 e. The van der Waals surface area contributed by atoms with Crippen molar-refractivity contribution >= 4 is 45.7 Å². The van der Waals surface area contributed by atoms with Gasteiger partial charge < -0.3 is 4.74 Å². The molecule has 0 radical (unpaired) electrons. The lowest BCUT2D eigenvalue weighted by molar-refractivity contribution is 0.226. The monoisotopic (exact) mass is 366 g/mol. The molecule has 6 heteroatoms. The van der Waals surface area contributed by atoms with Crippen molar-refractivity contribution in [2.45, 2.75) is 13.0 Å². The van der Waals surface area contributed by atoms with Crippen molar-refractivity contribution in [3.63, 3.8) is 0 Å². The molecular formula is C10H8ClIN2OS. The Morgan fingerprint density at radius 3 is 2.94 bits per heavy atom. The van der Waals surface area contributed by atoms with E-state index in [4.69, 9.17) is 16.3 Å². The molecule has 0 fully saturated rings. The third-order valence-corrected chi connectivity index (χ3v) is 3.79. The Kier molecular flexibility index (Phi) is 3.99. The largest absolute Gasteiger partial charge is 0.483 e. The van der Waals surface area contributed by atoms with E-state index < -0.39 is 0 Å². The first-order valence-electron chi connectivity index (χ1n) is 4.56. The van der Waals surface area contributed by atoms with Gasteiger partial charge in [0.05, 0.1) is 0 Å². The SMILES string of the molecule is CC(Oc1cccc(Cl)c1)c1nc(I)ns1. The van der Waals surface area contributed by atoms with Crippen molar-refractivity contribution in [1.29, 1.82) is 0 Å². The van der Waals surface area contributed by atoms with Crippen molar-refractivity contribution in [2.75, 3.05) is 0 Å². The first-order valence-corrected chi connectivity index (χ1v) is 6.79. The molecule has 0 bridgehead atoms. The Bertz CT molecular complexity index is 491. The van der Waals surface area contributed by atoms with Crippen LogP contribution in [0.2, 0.25) is 5.02 Å². The van der Waals surface area contributed by atoms with Crippen LogP contribution in [0.5, 0.6) is 5.75 Å². The van der Waals surface area contributed by atoms with Crippen LogP contribution in [0.25, 0.3) is 0 Å². The molecule has 0 aliphatic rings. The Labute approximate surface area is 116 Å². The summed E-state index contributed by atoms with van der Waals surface area (Å²) in [5.74, 6) is 0.741. The number of rotatable bonds is 3. The highest BCUT2D eigenvalue weighted by Gasteiger charge is 2.12. The summed E-state index contributed by atoms with van der Waals surface area (Å²) in [4.78, 5) is 4.27.